The molecule has 1 atom stereocenters. The Bertz CT molecular complexity index is 914. The van der Waals surface area contributed by atoms with Crippen LogP contribution in [0.2, 0.25) is 0 Å². The first-order valence-corrected chi connectivity index (χ1v) is 9.98. The molecular weight excluding hydrogens is 350 g/mol. The Balaban J connectivity index is 1.55. The number of nitrogens with zero attached hydrogens (tertiary/aromatic N) is 2. The summed E-state index contributed by atoms with van der Waals surface area (Å²) in [4.78, 5) is 2.38. The second kappa shape index (κ2) is 6.54. The number of fused-ring (bicyclic) bond motifs is 4. The van der Waals surface area contributed by atoms with Crippen molar-refractivity contribution >= 4 is 5.70 Å². The number of ether oxygens (including phenoxy) is 2. The lowest BCUT2D eigenvalue weighted by Crippen LogP contribution is -2.63. The molecule has 3 aliphatic heterocycles. The Morgan fingerprint density at radius 3 is 2.57 bits per heavy atom. The SMILES string of the molecule is COc1ccc(C2=C[C@@H]3c4cc(C)ccc4OC4(CCN(C)CC4)N3N2)cc1. The fourth-order valence-corrected chi connectivity index (χ4v) is 4.54. The van der Waals surface area contributed by atoms with Gasteiger partial charge in [0.1, 0.15) is 11.5 Å². The smallest absolute Gasteiger partial charge is 0.182 e. The summed E-state index contributed by atoms with van der Waals surface area (Å²) in [5, 5.41) is 2.35. The van der Waals surface area contributed by atoms with Crippen LogP contribution in [0.25, 0.3) is 5.70 Å². The molecule has 0 unspecified atom stereocenters. The number of benzene rings is 2. The van der Waals surface area contributed by atoms with E-state index in [0.29, 0.717) is 0 Å². The van der Waals surface area contributed by atoms with Crippen LogP contribution in [0.3, 0.4) is 0 Å². The molecule has 3 aliphatic rings. The summed E-state index contributed by atoms with van der Waals surface area (Å²) in [6, 6.07) is 14.9. The first kappa shape index (κ1) is 17.6. The van der Waals surface area contributed by atoms with Gasteiger partial charge in [-0.05, 0) is 55.9 Å². The lowest BCUT2D eigenvalue weighted by atomic mass is 9.92. The van der Waals surface area contributed by atoms with Crippen molar-refractivity contribution < 1.29 is 9.47 Å². The number of nitrogens with one attached hydrogen (secondary N) is 1. The molecule has 146 valence electrons. The van der Waals surface area contributed by atoms with Gasteiger partial charge in [-0.25, -0.2) is 0 Å². The molecule has 5 nitrogen and oxygen atoms in total. The minimum Gasteiger partial charge on any atom is -0.497 e. The molecule has 0 bridgehead atoms. The molecule has 28 heavy (non-hydrogen) atoms. The lowest BCUT2D eigenvalue weighted by molar-refractivity contribution is -0.157. The van der Waals surface area contributed by atoms with Crippen LogP contribution < -0.4 is 14.9 Å². The van der Waals surface area contributed by atoms with E-state index >= 15 is 0 Å². The Hall–Kier alpha value is -2.50. The first-order chi connectivity index (χ1) is 13.6. The third kappa shape index (κ3) is 2.77. The van der Waals surface area contributed by atoms with Gasteiger partial charge >= 0.3 is 0 Å². The molecule has 1 N–H and O–H groups in total. The predicted octanol–water partition coefficient (Wildman–Crippen LogP) is 3.72. The van der Waals surface area contributed by atoms with Gasteiger partial charge in [0.2, 0.25) is 0 Å². The Labute approximate surface area is 166 Å². The highest BCUT2D eigenvalue weighted by Crippen LogP contribution is 2.48. The van der Waals surface area contributed by atoms with Crippen molar-refractivity contribution in [2.45, 2.75) is 31.5 Å². The van der Waals surface area contributed by atoms with Crippen LogP contribution in [-0.2, 0) is 0 Å². The van der Waals surface area contributed by atoms with E-state index in [1.807, 2.05) is 12.1 Å². The van der Waals surface area contributed by atoms with E-state index in [-0.39, 0.29) is 11.8 Å². The highest BCUT2D eigenvalue weighted by atomic mass is 16.5. The molecule has 2 aromatic rings. The van der Waals surface area contributed by atoms with E-state index < -0.39 is 0 Å². The molecule has 1 fully saturated rings. The summed E-state index contributed by atoms with van der Waals surface area (Å²) in [5.41, 5.74) is 8.16. The maximum absolute atomic E-state index is 6.68. The van der Waals surface area contributed by atoms with E-state index in [0.717, 1.165) is 48.7 Å². The zero-order valence-corrected chi connectivity index (χ0v) is 16.7. The predicted molar refractivity (Wildman–Crippen MR) is 110 cm³/mol. The fourth-order valence-electron chi connectivity index (χ4n) is 4.54. The second-order valence-electron chi connectivity index (χ2n) is 8.13. The number of hydrogen-bond donors (Lipinski definition) is 1. The quantitative estimate of drug-likeness (QED) is 0.863. The number of likely N-dealkylation sites (tertiary alicyclic amines) is 1. The average molecular weight is 377 g/mol. The van der Waals surface area contributed by atoms with Crippen molar-refractivity contribution in [3.8, 4) is 11.5 Å². The minimum absolute atomic E-state index is 0.171. The van der Waals surface area contributed by atoms with Crippen LogP contribution in [0.4, 0.5) is 0 Å². The zero-order chi connectivity index (χ0) is 19.3. The molecule has 3 heterocycles. The van der Waals surface area contributed by atoms with Gasteiger partial charge in [-0.3, -0.25) is 0 Å². The molecule has 0 amide bonds. The highest BCUT2D eigenvalue weighted by Gasteiger charge is 2.51. The maximum atomic E-state index is 6.68. The standard InChI is InChI=1S/C23H27N3O2/c1-16-4-9-22-19(14-16)21-15-20(17-5-7-18(27-3)8-6-17)24-26(21)23(28-22)10-12-25(2)13-11-23/h4-9,14-15,21,24H,10-13H2,1-3H3/t21-/m1/s1. The summed E-state index contributed by atoms with van der Waals surface area (Å²) >= 11 is 0. The van der Waals surface area contributed by atoms with Gasteiger partial charge < -0.3 is 19.8 Å². The van der Waals surface area contributed by atoms with Gasteiger partial charge in [0, 0.05) is 31.5 Å². The molecule has 0 saturated carbocycles. The summed E-state index contributed by atoms with van der Waals surface area (Å²) in [5.74, 6) is 1.89. The third-order valence-corrected chi connectivity index (χ3v) is 6.24. The number of hydrazine groups is 1. The summed E-state index contributed by atoms with van der Waals surface area (Å²) in [7, 11) is 3.88. The van der Waals surface area contributed by atoms with E-state index in [4.69, 9.17) is 9.47 Å². The molecular formula is C23H27N3O2. The molecule has 1 spiro atoms. The van der Waals surface area contributed by atoms with Gasteiger partial charge in [-0.2, -0.15) is 5.01 Å². The zero-order valence-electron chi connectivity index (χ0n) is 16.7. The minimum atomic E-state index is -0.315. The number of rotatable bonds is 2. The number of aryl methyl sites for hydroxylation is 1. The Morgan fingerprint density at radius 2 is 1.86 bits per heavy atom. The van der Waals surface area contributed by atoms with Gasteiger partial charge in [0.25, 0.3) is 0 Å². The summed E-state index contributed by atoms with van der Waals surface area (Å²) in [6.07, 6.45) is 4.29. The van der Waals surface area contributed by atoms with Crippen LogP contribution in [-0.4, -0.2) is 42.9 Å². The van der Waals surface area contributed by atoms with Gasteiger partial charge in [-0.1, -0.05) is 17.7 Å². The van der Waals surface area contributed by atoms with E-state index in [1.165, 1.54) is 11.1 Å². The number of piperidine rings is 1. The van der Waals surface area contributed by atoms with Crippen molar-refractivity contribution in [2.24, 2.45) is 0 Å². The van der Waals surface area contributed by atoms with Gasteiger partial charge in [0.05, 0.1) is 18.8 Å². The molecule has 1 saturated heterocycles. The van der Waals surface area contributed by atoms with Crippen molar-refractivity contribution in [3.63, 3.8) is 0 Å². The Kier molecular flexibility index (Phi) is 4.11. The van der Waals surface area contributed by atoms with Gasteiger partial charge in [0.15, 0.2) is 5.72 Å². The largest absolute Gasteiger partial charge is 0.497 e. The normalized spacial score (nSPS) is 23.4. The molecule has 0 aromatic heterocycles. The lowest BCUT2D eigenvalue weighted by Gasteiger charge is -2.51. The van der Waals surface area contributed by atoms with Crippen LogP contribution in [0.1, 0.15) is 35.6 Å². The topological polar surface area (TPSA) is 37.0 Å². The first-order valence-electron chi connectivity index (χ1n) is 9.98. The van der Waals surface area contributed by atoms with Gasteiger partial charge in [-0.15, -0.1) is 0 Å². The van der Waals surface area contributed by atoms with E-state index in [1.54, 1.807) is 7.11 Å². The van der Waals surface area contributed by atoms with Crippen LogP contribution >= 0.6 is 0 Å². The van der Waals surface area contributed by atoms with E-state index in [2.05, 4.69) is 65.7 Å². The highest BCUT2D eigenvalue weighted by molar-refractivity contribution is 5.68. The van der Waals surface area contributed by atoms with Crippen LogP contribution in [0.5, 0.6) is 11.5 Å². The number of hydrogen-bond acceptors (Lipinski definition) is 5. The fraction of sp³-hybridized carbons (Fsp3) is 0.391. The third-order valence-electron chi connectivity index (χ3n) is 6.24. The second-order valence-corrected chi connectivity index (χ2v) is 8.13. The molecule has 0 aliphatic carbocycles. The van der Waals surface area contributed by atoms with Crippen molar-refractivity contribution in [3.05, 3.63) is 65.2 Å². The van der Waals surface area contributed by atoms with Crippen molar-refractivity contribution in [2.75, 3.05) is 27.2 Å². The molecule has 5 heteroatoms. The van der Waals surface area contributed by atoms with Crippen molar-refractivity contribution in [1.82, 2.24) is 15.3 Å². The average Bonchev–Trinajstić information content (AvgIpc) is 3.18. The number of methoxy groups -OCH3 is 1. The van der Waals surface area contributed by atoms with Crippen molar-refractivity contribution in [1.29, 1.82) is 0 Å². The molecule has 0 radical (unpaired) electrons. The van der Waals surface area contributed by atoms with E-state index in [9.17, 15) is 0 Å². The maximum Gasteiger partial charge on any atom is 0.182 e. The summed E-state index contributed by atoms with van der Waals surface area (Å²) in [6.45, 7) is 4.20. The monoisotopic (exact) mass is 377 g/mol. The van der Waals surface area contributed by atoms with Crippen LogP contribution in [0, 0.1) is 6.92 Å². The summed E-state index contributed by atoms with van der Waals surface area (Å²) < 4.78 is 12.0. The van der Waals surface area contributed by atoms with Crippen LogP contribution in [0.15, 0.2) is 48.5 Å². The Morgan fingerprint density at radius 1 is 1.11 bits per heavy atom. The molecule has 5 rings (SSSR count). The molecule has 2 aromatic carbocycles.